The second-order valence-corrected chi connectivity index (χ2v) is 6.45. The third-order valence-corrected chi connectivity index (χ3v) is 5.69. The summed E-state index contributed by atoms with van der Waals surface area (Å²) in [5.41, 5.74) is 5.93. The Morgan fingerprint density at radius 2 is 1.33 bits per heavy atom. The highest BCUT2D eigenvalue weighted by Crippen LogP contribution is 2.78. The second kappa shape index (κ2) is 2.95. The summed E-state index contributed by atoms with van der Waals surface area (Å²) in [5, 5.41) is 1.39. The molecule has 0 unspecified atom stereocenters. The highest BCUT2D eigenvalue weighted by Gasteiger charge is 2.66. The lowest BCUT2D eigenvalue weighted by atomic mass is 9.93. The number of hydrogen-bond acceptors (Lipinski definition) is 0. The molecular formula is C16H10Cl2. The molecule has 3 aliphatic carbocycles. The van der Waals surface area contributed by atoms with Gasteiger partial charge in [-0.25, -0.2) is 0 Å². The fraction of sp³-hybridized carbons (Fsp3) is 0.250. The normalized spacial score (nSPS) is 33.0. The van der Waals surface area contributed by atoms with Crippen molar-refractivity contribution in [2.45, 2.75) is 17.8 Å². The van der Waals surface area contributed by atoms with Gasteiger partial charge in [0, 0.05) is 5.92 Å². The first-order valence-electron chi connectivity index (χ1n) is 6.35. The molecule has 4 atom stereocenters. The van der Waals surface area contributed by atoms with Crippen LogP contribution in [-0.2, 0) is 0 Å². The van der Waals surface area contributed by atoms with Gasteiger partial charge in [0.1, 0.15) is 0 Å². The average molecular weight is 273 g/mol. The molecule has 0 bridgehead atoms. The molecule has 2 heteroatoms. The summed E-state index contributed by atoms with van der Waals surface area (Å²) < 4.78 is 0. The smallest absolute Gasteiger partial charge is 0.0595 e. The zero-order valence-electron chi connectivity index (χ0n) is 9.53. The predicted octanol–water partition coefficient (Wildman–Crippen LogP) is 4.95. The van der Waals surface area contributed by atoms with Crippen molar-refractivity contribution in [2.24, 2.45) is 5.92 Å². The maximum Gasteiger partial charge on any atom is 0.0595 e. The van der Waals surface area contributed by atoms with Gasteiger partial charge >= 0.3 is 0 Å². The van der Waals surface area contributed by atoms with Crippen LogP contribution in [0, 0.1) is 5.92 Å². The van der Waals surface area contributed by atoms with Crippen LogP contribution in [-0.4, -0.2) is 0 Å². The first-order valence-corrected chi connectivity index (χ1v) is 7.10. The third kappa shape index (κ3) is 0.941. The van der Waals surface area contributed by atoms with Crippen molar-refractivity contribution in [3.05, 3.63) is 68.7 Å². The van der Waals surface area contributed by atoms with Crippen LogP contribution in [0.5, 0.6) is 0 Å². The molecule has 88 valence electrons. The molecule has 18 heavy (non-hydrogen) atoms. The summed E-state index contributed by atoms with van der Waals surface area (Å²) in [6, 6.07) is 13.1. The van der Waals surface area contributed by atoms with Gasteiger partial charge in [-0.1, -0.05) is 47.5 Å². The Morgan fingerprint density at radius 3 is 2.11 bits per heavy atom. The second-order valence-electron chi connectivity index (χ2n) is 5.63. The number of hydrogen-bond donors (Lipinski definition) is 0. The van der Waals surface area contributed by atoms with E-state index in [1.165, 1.54) is 16.7 Å². The lowest BCUT2D eigenvalue weighted by Gasteiger charge is -2.12. The van der Waals surface area contributed by atoms with Crippen molar-refractivity contribution < 1.29 is 0 Å². The summed E-state index contributed by atoms with van der Waals surface area (Å²) >= 11 is 12.4. The van der Waals surface area contributed by atoms with Crippen molar-refractivity contribution in [3.8, 4) is 0 Å². The molecule has 0 radical (unpaired) electrons. The van der Waals surface area contributed by atoms with E-state index in [0.717, 1.165) is 11.8 Å². The SMILES string of the molecule is Clc1cc2c(cc1Cl)[C@@H]1[C@@H]3c4ccccc4[C@@H]2[C@@H]13. The molecule has 1 fully saturated rings. The minimum Gasteiger partial charge on any atom is -0.0827 e. The van der Waals surface area contributed by atoms with Crippen molar-refractivity contribution >= 4 is 23.2 Å². The van der Waals surface area contributed by atoms with E-state index in [4.69, 9.17) is 23.2 Å². The summed E-state index contributed by atoms with van der Waals surface area (Å²) in [7, 11) is 0. The Morgan fingerprint density at radius 1 is 0.722 bits per heavy atom. The standard InChI is InChI=1S/C16H10Cl2/c17-11-5-9-10(6-12(11)18)15-14-8-4-2-1-3-7(8)13(9)16(14)15/h1-6,13-16H/t13-,14-,15+,16+/m0/s1. The molecule has 0 N–H and O–H groups in total. The van der Waals surface area contributed by atoms with Gasteiger partial charge in [0.15, 0.2) is 0 Å². The Bertz CT molecular complexity index is 704. The first kappa shape index (κ1) is 9.89. The van der Waals surface area contributed by atoms with Crippen LogP contribution < -0.4 is 0 Å². The molecule has 0 nitrogen and oxygen atoms in total. The molecule has 0 amide bonds. The number of halogens is 2. The number of fused-ring (bicyclic) bond motifs is 7. The van der Waals surface area contributed by atoms with Crippen LogP contribution in [0.4, 0.5) is 0 Å². The average Bonchev–Trinajstić information content (AvgIpc) is 2.92. The molecular weight excluding hydrogens is 263 g/mol. The van der Waals surface area contributed by atoms with Gasteiger partial charge in [-0.05, 0) is 52.1 Å². The lowest BCUT2D eigenvalue weighted by Crippen LogP contribution is -1.97. The van der Waals surface area contributed by atoms with Gasteiger partial charge in [0.2, 0.25) is 0 Å². The molecule has 3 aliphatic rings. The summed E-state index contributed by atoms with van der Waals surface area (Å²) in [5.74, 6) is 2.80. The first-order chi connectivity index (χ1) is 8.77. The Labute approximate surface area is 116 Å². The van der Waals surface area contributed by atoms with Gasteiger partial charge in [-0.2, -0.15) is 0 Å². The van der Waals surface area contributed by atoms with E-state index in [9.17, 15) is 0 Å². The van der Waals surface area contributed by atoms with Crippen molar-refractivity contribution in [1.82, 2.24) is 0 Å². The Balaban J connectivity index is 1.81. The number of benzene rings is 2. The maximum atomic E-state index is 6.19. The van der Waals surface area contributed by atoms with Crippen molar-refractivity contribution in [3.63, 3.8) is 0 Å². The fourth-order valence-corrected chi connectivity index (χ4v) is 4.71. The largest absolute Gasteiger partial charge is 0.0827 e. The molecule has 0 spiro atoms. The highest BCUT2D eigenvalue weighted by atomic mass is 35.5. The van der Waals surface area contributed by atoms with Crippen LogP contribution in [0.1, 0.15) is 40.0 Å². The van der Waals surface area contributed by atoms with Crippen molar-refractivity contribution in [2.75, 3.05) is 0 Å². The van der Waals surface area contributed by atoms with E-state index in [2.05, 4.69) is 36.4 Å². The topological polar surface area (TPSA) is 0 Å². The van der Waals surface area contributed by atoms with Gasteiger partial charge in [0.25, 0.3) is 0 Å². The molecule has 0 aliphatic heterocycles. The minimum atomic E-state index is 0.570. The Kier molecular flexibility index (Phi) is 1.62. The van der Waals surface area contributed by atoms with Crippen molar-refractivity contribution in [1.29, 1.82) is 0 Å². The van der Waals surface area contributed by atoms with E-state index in [1.54, 1.807) is 5.56 Å². The number of rotatable bonds is 0. The lowest BCUT2D eigenvalue weighted by molar-refractivity contribution is 0.750. The molecule has 5 rings (SSSR count). The van der Waals surface area contributed by atoms with E-state index in [0.29, 0.717) is 21.9 Å². The van der Waals surface area contributed by atoms with Crippen LogP contribution >= 0.6 is 23.2 Å². The molecule has 0 saturated heterocycles. The van der Waals surface area contributed by atoms with Crippen LogP contribution in [0.3, 0.4) is 0 Å². The Hall–Kier alpha value is -0.980. The quantitative estimate of drug-likeness (QED) is 0.637. The molecule has 0 heterocycles. The monoisotopic (exact) mass is 272 g/mol. The summed E-state index contributed by atoms with van der Waals surface area (Å²) in [6.07, 6.45) is 0. The van der Waals surface area contributed by atoms with Gasteiger partial charge < -0.3 is 0 Å². The molecule has 0 aromatic heterocycles. The van der Waals surface area contributed by atoms with Gasteiger partial charge in [-0.15, -0.1) is 0 Å². The van der Waals surface area contributed by atoms with E-state index >= 15 is 0 Å². The molecule has 1 saturated carbocycles. The highest BCUT2D eigenvalue weighted by molar-refractivity contribution is 6.42. The van der Waals surface area contributed by atoms with Crippen LogP contribution in [0.2, 0.25) is 10.0 Å². The van der Waals surface area contributed by atoms with Gasteiger partial charge in [-0.3, -0.25) is 0 Å². The third-order valence-electron chi connectivity index (χ3n) is 4.97. The maximum absolute atomic E-state index is 6.19. The van der Waals surface area contributed by atoms with Crippen LogP contribution in [0.25, 0.3) is 0 Å². The van der Waals surface area contributed by atoms with E-state index in [-0.39, 0.29) is 0 Å². The summed E-state index contributed by atoms with van der Waals surface area (Å²) in [6.45, 7) is 0. The van der Waals surface area contributed by atoms with E-state index in [1.807, 2.05) is 0 Å². The van der Waals surface area contributed by atoms with Crippen LogP contribution in [0.15, 0.2) is 36.4 Å². The zero-order valence-corrected chi connectivity index (χ0v) is 11.0. The molecule has 2 aromatic rings. The zero-order chi connectivity index (χ0) is 12.0. The minimum absolute atomic E-state index is 0.570. The molecule has 2 aromatic carbocycles. The predicted molar refractivity (Wildman–Crippen MR) is 73.7 cm³/mol. The van der Waals surface area contributed by atoms with E-state index < -0.39 is 0 Å². The van der Waals surface area contributed by atoms with Gasteiger partial charge in [0.05, 0.1) is 10.0 Å². The fourth-order valence-electron chi connectivity index (χ4n) is 4.37. The summed E-state index contributed by atoms with van der Waals surface area (Å²) in [4.78, 5) is 0.